The first-order chi connectivity index (χ1) is 8.18. The van der Waals surface area contributed by atoms with Crippen molar-refractivity contribution in [2.75, 3.05) is 0 Å². The predicted molar refractivity (Wildman–Crippen MR) is 56.5 cm³/mol. The van der Waals surface area contributed by atoms with Gasteiger partial charge in [0.15, 0.2) is 5.82 Å². The van der Waals surface area contributed by atoms with Crippen LogP contribution in [0.1, 0.15) is 18.8 Å². The van der Waals surface area contributed by atoms with Gasteiger partial charge in [0.25, 0.3) is 5.95 Å². The first-order valence-corrected chi connectivity index (χ1v) is 4.85. The van der Waals surface area contributed by atoms with Crippen molar-refractivity contribution in [3.63, 3.8) is 0 Å². The summed E-state index contributed by atoms with van der Waals surface area (Å²) in [6, 6.07) is 1.18. The summed E-state index contributed by atoms with van der Waals surface area (Å²) in [6.45, 7) is 1.66. The van der Waals surface area contributed by atoms with E-state index in [-0.39, 0.29) is 0 Å². The van der Waals surface area contributed by atoms with Crippen molar-refractivity contribution in [1.82, 2.24) is 30.0 Å². The van der Waals surface area contributed by atoms with Gasteiger partial charge in [0.1, 0.15) is 6.33 Å². The van der Waals surface area contributed by atoms with Crippen molar-refractivity contribution in [3.8, 4) is 5.95 Å². The minimum Gasteiger partial charge on any atom is -0.465 e. The molecular formula is C9H10N6O2. The van der Waals surface area contributed by atoms with E-state index in [4.69, 9.17) is 5.11 Å². The standard InChI is InChI=1S/C9H10N6O2/c1-6(14-9(16)17)7-12-5-13-15(7)8-10-3-2-4-11-8/h2-6,14H,1H3,(H,16,17)/t6-/m0/s1. The van der Waals surface area contributed by atoms with Gasteiger partial charge in [-0.2, -0.15) is 9.78 Å². The summed E-state index contributed by atoms with van der Waals surface area (Å²) in [5.41, 5.74) is 0. The molecule has 0 unspecified atom stereocenters. The summed E-state index contributed by atoms with van der Waals surface area (Å²) in [5.74, 6) is 0.776. The van der Waals surface area contributed by atoms with Crippen molar-refractivity contribution in [2.24, 2.45) is 0 Å². The van der Waals surface area contributed by atoms with Gasteiger partial charge in [0.2, 0.25) is 0 Å². The summed E-state index contributed by atoms with van der Waals surface area (Å²) < 4.78 is 1.39. The summed E-state index contributed by atoms with van der Waals surface area (Å²) in [6.07, 6.45) is 3.35. The average Bonchev–Trinajstić information content (AvgIpc) is 2.78. The second-order valence-electron chi connectivity index (χ2n) is 3.25. The zero-order valence-electron chi connectivity index (χ0n) is 8.98. The van der Waals surface area contributed by atoms with Crippen LogP contribution in [0.2, 0.25) is 0 Å². The number of aromatic nitrogens is 5. The highest BCUT2D eigenvalue weighted by Gasteiger charge is 2.17. The van der Waals surface area contributed by atoms with Gasteiger partial charge in [-0.1, -0.05) is 0 Å². The fourth-order valence-electron chi connectivity index (χ4n) is 1.35. The molecule has 0 aliphatic rings. The highest BCUT2D eigenvalue weighted by molar-refractivity contribution is 5.64. The second kappa shape index (κ2) is 4.56. The smallest absolute Gasteiger partial charge is 0.405 e. The van der Waals surface area contributed by atoms with Crippen LogP contribution in [0.25, 0.3) is 5.95 Å². The van der Waals surface area contributed by atoms with Gasteiger partial charge < -0.3 is 10.4 Å². The van der Waals surface area contributed by atoms with Gasteiger partial charge >= 0.3 is 6.09 Å². The predicted octanol–water partition coefficient (Wildman–Crippen LogP) is 0.386. The minimum absolute atomic E-state index is 0.346. The first kappa shape index (κ1) is 11.0. The molecule has 17 heavy (non-hydrogen) atoms. The van der Waals surface area contributed by atoms with Gasteiger partial charge in [-0.25, -0.2) is 19.7 Å². The van der Waals surface area contributed by atoms with Gasteiger partial charge in [-0.3, -0.25) is 0 Å². The molecule has 2 rings (SSSR count). The molecule has 0 aromatic carbocycles. The summed E-state index contributed by atoms with van der Waals surface area (Å²) >= 11 is 0. The topological polar surface area (TPSA) is 106 Å². The lowest BCUT2D eigenvalue weighted by molar-refractivity contribution is 0.190. The molecule has 1 amide bonds. The van der Waals surface area contributed by atoms with Gasteiger partial charge in [-0.05, 0) is 13.0 Å². The molecule has 88 valence electrons. The molecule has 0 aliphatic carbocycles. The number of rotatable bonds is 3. The second-order valence-corrected chi connectivity index (χ2v) is 3.25. The minimum atomic E-state index is -1.12. The van der Waals surface area contributed by atoms with Crippen LogP contribution in [-0.2, 0) is 0 Å². The van der Waals surface area contributed by atoms with E-state index < -0.39 is 12.1 Å². The lowest BCUT2D eigenvalue weighted by atomic mass is 10.3. The summed E-state index contributed by atoms with van der Waals surface area (Å²) in [5, 5.41) is 14.9. The molecule has 0 radical (unpaired) electrons. The molecule has 2 aromatic rings. The molecule has 0 spiro atoms. The maximum atomic E-state index is 10.6. The largest absolute Gasteiger partial charge is 0.465 e. The Bertz CT molecular complexity index is 511. The Morgan fingerprint density at radius 2 is 2.12 bits per heavy atom. The van der Waals surface area contributed by atoms with E-state index in [0.717, 1.165) is 0 Å². The molecular weight excluding hydrogens is 224 g/mol. The quantitative estimate of drug-likeness (QED) is 0.795. The van der Waals surface area contributed by atoms with E-state index in [2.05, 4.69) is 25.4 Å². The number of nitrogens with zero attached hydrogens (tertiary/aromatic N) is 5. The van der Waals surface area contributed by atoms with Crippen LogP contribution in [0.5, 0.6) is 0 Å². The Balaban J connectivity index is 2.32. The number of hydrogen-bond acceptors (Lipinski definition) is 5. The number of amides is 1. The van der Waals surface area contributed by atoms with Crippen LogP contribution < -0.4 is 5.32 Å². The SMILES string of the molecule is C[C@H](NC(=O)O)c1ncnn1-c1ncccn1. The lowest BCUT2D eigenvalue weighted by Crippen LogP contribution is -2.27. The zero-order chi connectivity index (χ0) is 12.3. The number of carboxylic acid groups (broad SMARTS) is 1. The van der Waals surface area contributed by atoms with Crippen molar-refractivity contribution < 1.29 is 9.90 Å². The Labute approximate surface area is 96.4 Å². The van der Waals surface area contributed by atoms with Crippen molar-refractivity contribution in [1.29, 1.82) is 0 Å². The van der Waals surface area contributed by atoms with Crippen LogP contribution >= 0.6 is 0 Å². The van der Waals surface area contributed by atoms with Crippen LogP contribution in [-0.4, -0.2) is 35.9 Å². The van der Waals surface area contributed by atoms with Crippen molar-refractivity contribution in [2.45, 2.75) is 13.0 Å². The maximum Gasteiger partial charge on any atom is 0.405 e. The van der Waals surface area contributed by atoms with E-state index in [1.54, 1.807) is 25.4 Å². The lowest BCUT2D eigenvalue weighted by Gasteiger charge is -2.10. The molecule has 8 heteroatoms. The zero-order valence-corrected chi connectivity index (χ0v) is 8.98. The Kier molecular flexibility index (Phi) is 2.95. The normalized spacial score (nSPS) is 12.1. The highest BCUT2D eigenvalue weighted by Crippen LogP contribution is 2.10. The average molecular weight is 234 g/mol. The van der Waals surface area contributed by atoms with Gasteiger partial charge in [0, 0.05) is 12.4 Å². The summed E-state index contributed by atoms with van der Waals surface area (Å²) in [4.78, 5) is 22.6. The van der Waals surface area contributed by atoms with Crippen LogP contribution in [0.3, 0.4) is 0 Å². The number of carbonyl (C=O) groups is 1. The molecule has 1 atom stereocenters. The van der Waals surface area contributed by atoms with Crippen LogP contribution in [0.15, 0.2) is 24.8 Å². The van der Waals surface area contributed by atoms with E-state index in [9.17, 15) is 4.79 Å². The van der Waals surface area contributed by atoms with E-state index in [0.29, 0.717) is 11.8 Å². The van der Waals surface area contributed by atoms with Crippen LogP contribution in [0, 0.1) is 0 Å². The Hall–Kier alpha value is -2.51. The van der Waals surface area contributed by atoms with E-state index in [1.807, 2.05) is 0 Å². The Morgan fingerprint density at radius 1 is 1.41 bits per heavy atom. The highest BCUT2D eigenvalue weighted by atomic mass is 16.4. The third-order valence-electron chi connectivity index (χ3n) is 2.04. The molecule has 0 saturated heterocycles. The fourth-order valence-corrected chi connectivity index (χ4v) is 1.35. The molecule has 0 fully saturated rings. The molecule has 2 heterocycles. The Morgan fingerprint density at radius 3 is 2.76 bits per heavy atom. The monoisotopic (exact) mass is 234 g/mol. The van der Waals surface area contributed by atoms with E-state index >= 15 is 0 Å². The van der Waals surface area contributed by atoms with Gasteiger partial charge in [-0.15, -0.1) is 0 Å². The summed E-state index contributed by atoms with van der Waals surface area (Å²) in [7, 11) is 0. The molecule has 0 aliphatic heterocycles. The van der Waals surface area contributed by atoms with Gasteiger partial charge in [0.05, 0.1) is 6.04 Å². The molecule has 2 aromatic heterocycles. The molecule has 8 nitrogen and oxygen atoms in total. The molecule has 0 saturated carbocycles. The third-order valence-corrected chi connectivity index (χ3v) is 2.04. The maximum absolute atomic E-state index is 10.6. The first-order valence-electron chi connectivity index (χ1n) is 4.85. The third kappa shape index (κ3) is 2.36. The molecule has 0 bridgehead atoms. The van der Waals surface area contributed by atoms with Crippen LogP contribution in [0.4, 0.5) is 4.79 Å². The number of nitrogens with one attached hydrogen (secondary N) is 1. The van der Waals surface area contributed by atoms with E-state index in [1.165, 1.54) is 11.0 Å². The van der Waals surface area contributed by atoms with Crippen molar-refractivity contribution >= 4 is 6.09 Å². The number of hydrogen-bond donors (Lipinski definition) is 2. The fraction of sp³-hybridized carbons (Fsp3) is 0.222. The van der Waals surface area contributed by atoms with Crippen molar-refractivity contribution in [3.05, 3.63) is 30.6 Å². The molecule has 2 N–H and O–H groups in total.